The average molecular weight is 291 g/mol. The van der Waals surface area contributed by atoms with Crippen molar-refractivity contribution in [2.24, 2.45) is 0 Å². The summed E-state index contributed by atoms with van der Waals surface area (Å²) >= 11 is 0. The summed E-state index contributed by atoms with van der Waals surface area (Å²) in [5, 5.41) is 2.87. The number of hydrogen-bond donors (Lipinski definition) is 1. The lowest BCUT2D eigenvalue weighted by atomic mass is 10.1. The zero-order valence-electron chi connectivity index (χ0n) is 12.9. The molecule has 5 heteroatoms. The first-order valence-electron chi connectivity index (χ1n) is 6.87. The molecule has 0 saturated carbocycles. The van der Waals surface area contributed by atoms with Crippen molar-refractivity contribution in [2.45, 2.75) is 26.3 Å². The maximum atomic E-state index is 11.8. The van der Waals surface area contributed by atoms with Crippen LogP contribution in [0.4, 0.5) is 0 Å². The van der Waals surface area contributed by atoms with Crippen molar-refractivity contribution >= 4 is 12.0 Å². The molecule has 0 spiro atoms. The monoisotopic (exact) mass is 291 g/mol. The lowest BCUT2D eigenvalue weighted by Gasteiger charge is -2.21. The molecule has 1 heterocycles. The molecule has 0 fully saturated rings. The number of carbonyl (C=O) groups excluding carboxylic acids is 1. The second-order valence-electron chi connectivity index (χ2n) is 5.82. The van der Waals surface area contributed by atoms with Gasteiger partial charge in [-0.25, -0.2) is 0 Å². The number of nitrogens with one attached hydrogen (secondary N) is 1. The quantitative estimate of drug-likeness (QED) is 0.869. The van der Waals surface area contributed by atoms with Crippen molar-refractivity contribution in [1.82, 2.24) is 5.32 Å². The van der Waals surface area contributed by atoms with Gasteiger partial charge in [0.2, 0.25) is 11.7 Å². The summed E-state index contributed by atoms with van der Waals surface area (Å²) in [7, 11) is 1.58. The zero-order valence-corrected chi connectivity index (χ0v) is 12.9. The highest BCUT2D eigenvalue weighted by Crippen LogP contribution is 2.40. The molecule has 1 aromatic rings. The fraction of sp³-hybridized carbons (Fsp3) is 0.438. The molecule has 2 rings (SSSR count). The molecule has 0 bridgehead atoms. The third-order valence-corrected chi connectivity index (χ3v) is 2.78. The van der Waals surface area contributed by atoms with E-state index in [1.807, 2.05) is 32.9 Å². The van der Waals surface area contributed by atoms with E-state index < -0.39 is 0 Å². The van der Waals surface area contributed by atoms with Crippen LogP contribution in [-0.4, -0.2) is 31.8 Å². The summed E-state index contributed by atoms with van der Waals surface area (Å²) in [5.41, 5.74) is 0.562. The van der Waals surface area contributed by atoms with Gasteiger partial charge < -0.3 is 19.5 Å². The van der Waals surface area contributed by atoms with Gasteiger partial charge in [0, 0.05) is 11.6 Å². The molecule has 114 valence electrons. The van der Waals surface area contributed by atoms with Crippen molar-refractivity contribution in [3.05, 3.63) is 23.8 Å². The predicted octanol–water partition coefficient (Wildman–Crippen LogP) is 2.39. The molecule has 0 saturated heterocycles. The Kier molecular flexibility index (Phi) is 4.40. The third-order valence-electron chi connectivity index (χ3n) is 2.78. The SMILES string of the molecule is COc1cc(/C=C/C(=O)NC(C)(C)C)cc2c1OCCO2. The number of rotatable bonds is 3. The van der Waals surface area contributed by atoms with Crippen molar-refractivity contribution in [3.63, 3.8) is 0 Å². The summed E-state index contributed by atoms with van der Waals surface area (Å²) < 4.78 is 16.4. The minimum atomic E-state index is -0.258. The molecule has 1 aliphatic heterocycles. The van der Waals surface area contributed by atoms with Gasteiger partial charge in [-0.05, 0) is 44.5 Å². The fourth-order valence-electron chi connectivity index (χ4n) is 1.97. The molecule has 0 unspecified atom stereocenters. The summed E-state index contributed by atoms with van der Waals surface area (Å²) in [6.45, 7) is 6.82. The van der Waals surface area contributed by atoms with Crippen molar-refractivity contribution in [1.29, 1.82) is 0 Å². The molecule has 0 aromatic heterocycles. The highest BCUT2D eigenvalue weighted by atomic mass is 16.6. The van der Waals surface area contributed by atoms with Crippen LogP contribution < -0.4 is 19.5 Å². The Morgan fingerprint density at radius 3 is 2.67 bits per heavy atom. The van der Waals surface area contributed by atoms with Crippen molar-refractivity contribution < 1.29 is 19.0 Å². The first-order chi connectivity index (χ1) is 9.89. The zero-order chi connectivity index (χ0) is 15.5. The normalized spacial score (nSPS) is 14.1. The van der Waals surface area contributed by atoms with Crippen LogP contribution in [0, 0.1) is 0 Å². The molecule has 1 aliphatic rings. The molecule has 0 radical (unpaired) electrons. The molecule has 1 amide bonds. The number of hydrogen-bond acceptors (Lipinski definition) is 4. The van der Waals surface area contributed by atoms with Crippen molar-refractivity contribution in [3.8, 4) is 17.2 Å². The number of carbonyl (C=O) groups is 1. The van der Waals surface area contributed by atoms with E-state index in [0.29, 0.717) is 30.5 Å². The summed E-state index contributed by atoms with van der Waals surface area (Å²) in [5.74, 6) is 1.70. The Morgan fingerprint density at radius 1 is 1.29 bits per heavy atom. The number of benzene rings is 1. The Hall–Kier alpha value is -2.17. The van der Waals surface area contributed by atoms with Crippen LogP contribution in [-0.2, 0) is 4.79 Å². The van der Waals surface area contributed by atoms with Gasteiger partial charge in [0.15, 0.2) is 11.5 Å². The summed E-state index contributed by atoms with van der Waals surface area (Å²) in [6, 6.07) is 3.65. The third kappa shape index (κ3) is 4.15. The molecule has 1 N–H and O–H groups in total. The van der Waals surface area contributed by atoms with Crippen LogP contribution in [0.25, 0.3) is 6.08 Å². The van der Waals surface area contributed by atoms with Gasteiger partial charge in [0.1, 0.15) is 13.2 Å². The van der Waals surface area contributed by atoms with E-state index in [1.165, 1.54) is 6.08 Å². The number of ether oxygens (including phenoxy) is 3. The van der Waals surface area contributed by atoms with Gasteiger partial charge in [-0.2, -0.15) is 0 Å². The maximum Gasteiger partial charge on any atom is 0.244 e. The Morgan fingerprint density at radius 2 is 2.00 bits per heavy atom. The van der Waals surface area contributed by atoms with Crippen LogP contribution in [0.15, 0.2) is 18.2 Å². The lowest BCUT2D eigenvalue weighted by Crippen LogP contribution is -2.39. The average Bonchev–Trinajstić information content (AvgIpc) is 2.42. The van der Waals surface area contributed by atoms with Gasteiger partial charge in [-0.3, -0.25) is 4.79 Å². The van der Waals surface area contributed by atoms with E-state index >= 15 is 0 Å². The van der Waals surface area contributed by atoms with Crippen LogP contribution >= 0.6 is 0 Å². The molecular formula is C16H21NO4. The van der Waals surface area contributed by atoms with E-state index in [0.717, 1.165) is 5.56 Å². The van der Waals surface area contributed by atoms with Gasteiger partial charge in [-0.15, -0.1) is 0 Å². The number of amides is 1. The van der Waals surface area contributed by atoms with Crippen molar-refractivity contribution in [2.75, 3.05) is 20.3 Å². The van der Waals surface area contributed by atoms with Gasteiger partial charge in [0.05, 0.1) is 7.11 Å². The van der Waals surface area contributed by atoms with E-state index in [4.69, 9.17) is 14.2 Å². The number of methoxy groups -OCH3 is 1. The first kappa shape index (κ1) is 15.2. The highest BCUT2D eigenvalue weighted by molar-refractivity contribution is 5.92. The van der Waals surface area contributed by atoms with Crippen LogP contribution in [0.5, 0.6) is 17.2 Å². The standard InChI is InChI=1S/C16H21NO4/c1-16(2,3)17-14(18)6-5-11-9-12(19-4)15-13(10-11)20-7-8-21-15/h5-6,9-10H,7-8H2,1-4H3,(H,17,18)/b6-5+. The molecule has 1 aromatic carbocycles. The molecular weight excluding hydrogens is 270 g/mol. The predicted molar refractivity (Wildman–Crippen MR) is 80.9 cm³/mol. The van der Waals surface area contributed by atoms with Gasteiger partial charge >= 0.3 is 0 Å². The molecule has 21 heavy (non-hydrogen) atoms. The van der Waals surface area contributed by atoms with E-state index in [-0.39, 0.29) is 11.4 Å². The smallest absolute Gasteiger partial charge is 0.244 e. The molecule has 0 atom stereocenters. The minimum absolute atomic E-state index is 0.142. The van der Waals surface area contributed by atoms with E-state index in [1.54, 1.807) is 13.2 Å². The van der Waals surface area contributed by atoms with Crippen LogP contribution in [0.3, 0.4) is 0 Å². The first-order valence-corrected chi connectivity index (χ1v) is 6.87. The Balaban J connectivity index is 2.19. The topological polar surface area (TPSA) is 56.8 Å². The summed E-state index contributed by atoms with van der Waals surface area (Å²) in [6.07, 6.45) is 3.22. The number of fused-ring (bicyclic) bond motifs is 1. The minimum Gasteiger partial charge on any atom is -0.493 e. The van der Waals surface area contributed by atoms with E-state index in [2.05, 4.69) is 5.32 Å². The fourth-order valence-corrected chi connectivity index (χ4v) is 1.97. The van der Waals surface area contributed by atoms with Crippen LogP contribution in [0.2, 0.25) is 0 Å². The molecule has 0 aliphatic carbocycles. The second kappa shape index (κ2) is 6.08. The lowest BCUT2D eigenvalue weighted by molar-refractivity contribution is -0.117. The second-order valence-corrected chi connectivity index (χ2v) is 5.82. The maximum absolute atomic E-state index is 11.8. The summed E-state index contributed by atoms with van der Waals surface area (Å²) in [4.78, 5) is 11.8. The van der Waals surface area contributed by atoms with E-state index in [9.17, 15) is 4.79 Å². The highest BCUT2D eigenvalue weighted by Gasteiger charge is 2.18. The van der Waals surface area contributed by atoms with Crippen LogP contribution in [0.1, 0.15) is 26.3 Å². The van der Waals surface area contributed by atoms with Gasteiger partial charge in [-0.1, -0.05) is 0 Å². The molecule has 5 nitrogen and oxygen atoms in total. The largest absolute Gasteiger partial charge is 0.493 e. The van der Waals surface area contributed by atoms with Gasteiger partial charge in [0.25, 0.3) is 0 Å². The Labute approximate surface area is 124 Å². The Bertz CT molecular complexity index is 541.